The quantitative estimate of drug-likeness (QED) is 0.770. The number of nitrogens with zero attached hydrogens (tertiary/aromatic N) is 3. The molecule has 0 unspecified atom stereocenters. The molecule has 1 aliphatic rings. The number of carboxylic acids is 1. The van der Waals surface area contributed by atoms with E-state index in [1.807, 2.05) is 4.90 Å². The molecule has 19 heavy (non-hydrogen) atoms. The Labute approximate surface area is 110 Å². The van der Waals surface area contributed by atoms with E-state index in [0.717, 1.165) is 25.9 Å². The first-order valence-electron chi connectivity index (χ1n) is 6.19. The van der Waals surface area contributed by atoms with Crippen molar-refractivity contribution in [1.82, 2.24) is 20.2 Å². The second kappa shape index (κ2) is 6.24. The number of likely N-dealkylation sites (tertiary alicyclic amines) is 1. The van der Waals surface area contributed by atoms with Crippen molar-refractivity contribution in [2.75, 3.05) is 19.6 Å². The van der Waals surface area contributed by atoms with Gasteiger partial charge in [-0.25, -0.2) is 14.8 Å². The normalized spacial score (nSPS) is 14.6. The third kappa shape index (κ3) is 3.47. The molecule has 0 spiro atoms. The third-order valence-electron chi connectivity index (χ3n) is 3.05. The average Bonchev–Trinajstić information content (AvgIpc) is 2.93. The van der Waals surface area contributed by atoms with Crippen LogP contribution in [0.1, 0.15) is 28.9 Å². The monoisotopic (exact) mass is 264 g/mol. The van der Waals surface area contributed by atoms with Crippen LogP contribution in [0.25, 0.3) is 0 Å². The number of amides is 1. The molecular weight excluding hydrogens is 248 g/mol. The molecule has 102 valence electrons. The predicted octanol–water partition coefficient (Wildman–Crippen LogP) is -0.113. The van der Waals surface area contributed by atoms with Crippen molar-refractivity contribution in [3.63, 3.8) is 0 Å². The van der Waals surface area contributed by atoms with E-state index in [4.69, 9.17) is 5.11 Å². The predicted molar refractivity (Wildman–Crippen MR) is 66.5 cm³/mol. The molecule has 0 atom stereocenters. The summed E-state index contributed by atoms with van der Waals surface area (Å²) < 4.78 is 0. The maximum atomic E-state index is 11.8. The van der Waals surface area contributed by atoms with Crippen molar-refractivity contribution in [3.05, 3.63) is 23.8 Å². The number of aromatic nitrogens is 2. The zero-order valence-corrected chi connectivity index (χ0v) is 10.5. The van der Waals surface area contributed by atoms with Gasteiger partial charge in [0.15, 0.2) is 0 Å². The van der Waals surface area contributed by atoms with Gasteiger partial charge in [0, 0.05) is 25.8 Å². The number of nitrogens with one attached hydrogen (secondary N) is 1. The lowest BCUT2D eigenvalue weighted by atomic mass is 10.2. The Balaban J connectivity index is 1.85. The first-order chi connectivity index (χ1) is 9.18. The van der Waals surface area contributed by atoms with Gasteiger partial charge >= 0.3 is 5.97 Å². The molecule has 0 saturated carbocycles. The molecule has 2 rings (SSSR count). The minimum Gasteiger partial charge on any atom is -0.478 e. The van der Waals surface area contributed by atoms with Crippen LogP contribution in [-0.2, 0) is 11.3 Å². The molecule has 7 nitrogen and oxygen atoms in total. The van der Waals surface area contributed by atoms with Crippen molar-refractivity contribution in [3.8, 4) is 0 Å². The average molecular weight is 264 g/mol. The van der Waals surface area contributed by atoms with Gasteiger partial charge < -0.3 is 15.3 Å². The Bertz CT molecular complexity index is 472. The Kier molecular flexibility index (Phi) is 4.40. The summed E-state index contributed by atoms with van der Waals surface area (Å²) in [5.74, 6) is -1.02. The molecule has 1 aromatic heterocycles. The molecule has 0 bridgehead atoms. The minimum atomic E-state index is -1.07. The molecule has 1 amide bonds. The zero-order chi connectivity index (χ0) is 13.7. The van der Waals surface area contributed by atoms with Gasteiger partial charge in [-0.2, -0.15) is 0 Å². The van der Waals surface area contributed by atoms with E-state index in [1.54, 1.807) is 0 Å². The molecular formula is C12H16N4O3. The first kappa shape index (κ1) is 13.4. The van der Waals surface area contributed by atoms with Crippen LogP contribution in [0.2, 0.25) is 0 Å². The topological polar surface area (TPSA) is 95.4 Å². The van der Waals surface area contributed by atoms with E-state index in [0.29, 0.717) is 5.69 Å². The van der Waals surface area contributed by atoms with Crippen molar-refractivity contribution in [1.29, 1.82) is 0 Å². The SMILES string of the molecule is O=C(O)c1cncnc1CNCC(=O)N1CCCC1. The molecule has 2 N–H and O–H groups in total. The highest BCUT2D eigenvalue weighted by Gasteiger charge is 2.17. The van der Waals surface area contributed by atoms with Crippen molar-refractivity contribution < 1.29 is 14.7 Å². The Morgan fingerprint density at radius 3 is 2.79 bits per heavy atom. The fourth-order valence-corrected chi connectivity index (χ4v) is 2.04. The van der Waals surface area contributed by atoms with Crippen molar-refractivity contribution in [2.24, 2.45) is 0 Å². The second-order valence-electron chi connectivity index (χ2n) is 4.38. The standard InChI is InChI=1S/C12H16N4O3/c17-11(16-3-1-2-4-16)7-13-6-10-9(12(18)19)5-14-8-15-10/h5,8,13H,1-4,6-7H2,(H,18,19). The van der Waals surface area contributed by atoms with Crippen LogP contribution in [0, 0.1) is 0 Å². The second-order valence-corrected chi connectivity index (χ2v) is 4.38. The molecule has 1 saturated heterocycles. The van der Waals surface area contributed by atoms with Gasteiger partial charge in [-0.1, -0.05) is 0 Å². The molecule has 1 aliphatic heterocycles. The Hall–Kier alpha value is -2.02. The van der Waals surface area contributed by atoms with Crippen LogP contribution < -0.4 is 5.32 Å². The summed E-state index contributed by atoms with van der Waals surface area (Å²) in [6.07, 6.45) is 4.67. The summed E-state index contributed by atoms with van der Waals surface area (Å²) in [6.45, 7) is 2.07. The van der Waals surface area contributed by atoms with Crippen LogP contribution in [0.5, 0.6) is 0 Å². The van der Waals surface area contributed by atoms with Crippen LogP contribution >= 0.6 is 0 Å². The van der Waals surface area contributed by atoms with Crippen LogP contribution in [-0.4, -0.2) is 51.5 Å². The fourth-order valence-electron chi connectivity index (χ4n) is 2.04. The van der Waals surface area contributed by atoms with Crippen molar-refractivity contribution in [2.45, 2.75) is 19.4 Å². The lowest BCUT2D eigenvalue weighted by Gasteiger charge is -2.15. The van der Waals surface area contributed by atoms with E-state index in [-0.39, 0.29) is 24.6 Å². The maximum absolute atomic E-state index is 11.8. The van der Waals surface area contributed by atoms with Crippen molar-refractivity contribution >= 4 is 11.9 Å². The summed E-state index contributed by atoms with van der Waals surface area (Å²) >= 11 is 0. The highest BCUT2D eigenvalue weighted by molar-refractivity contribution is 5.88. The summed E-state index contributed by atoms with van der Waals surface area (Å²) in [5.41, 5.74) is 0.445. The minimum absolute atomic E-state index is 0.0448. The molecule has 2 heterocycles. The summed E-state index contributed by atoms with van der Waals surface area (Å²) in [7, 11) is 0. The van der Waals surface area contributed by atoms with Gasteiger partial charge in [-0.3, -0.25) is 4.79 Å². The van der Waals surface area contributed by atoms with E-state index >= 15 is 0 Å². The summed E-state index contributed by atoms with van der Waals surface area (Å²) in [4.78, 5) is 32.1. The molecule has 1 fully saturated rings. The molecule has 7 heteroatoms. The van der Waals surface area contributed by atoms with Gasteiger partial charge in [-0.15, -0.1) is 0 Å². The number of carboxylic acid groups (broad SMARTS) is 1. The Morgan fingerprint density at radius 2 is 2.11 bits per heavy atom. The zero-order valence-electron chi connectivity index (χ0n) is 10.5. The summed E-state index contributed by atoms with van der Waals surface area (Å²) in [6, 6.07) is 0. The Morgan fingerprint density at radius 1 is 1.37 bits per heavy atom. The largest absolute Gasteiger partial charge is 0.478 e. The molecule has 0 radical (unpaired) electrons. The van der Waals surface area contributed by atoms with E-state index < -0.39 is 5.97 Å². The number of hydrogen-bond donors (Lipinski definition) is 2. The number of hydrogen-bond acceptors (Lipinski definition) is 5. The highest BCUT2D eigenvalue weighted by atomic mass is 16.4. The first-order valence-corrected chi connectivity index (χ1v) is 6.19. The fraction of sp³-hybridized carbons (Fsp3) is 0.500. The van der Waals surface area contributed by atoms with Gasteiger partial charge in [-0.05, 0) is 12.8 Å². The lowest BCUT2D eigenvalue weighted by Crippen LogP contribution is -2.36. The number of carbonyl (C=O) groups excluding carboxylic acids is 1. The highest BCUT2D eigenvalue weighted by Crippen LogP contribution is 2.07. The maximum Gasteiger partial charge on any atom is 0.339 e. The molecule has 0 aliphatic carbocycles. The summed E-state index contributed by atoms with van der Waals surface area (Å²) in [5, 5.41) is 11.9. The van der Waals surface area contributed by atoms with Crippen LogP contribution in [0.15, 0.2) is 12.5 Å². The third-order valence-corrected chi connectivity index (χ3v) is 3.05. The van der Waals surface area contributed by atoms with E-state index in [1.165, 1.54) is 12.5 Å². The lowest BCUT2D eigenvalue weighted by molar-refractivity contribution is -0.129. The number of carbonyl (C=O) groups is 2. The number of rotatable bonds is 5. The smallest absolute Gasteiger partial charge is 0.339 e. The van der Waals surface area contributed by atoms with E-state index in [9.17, 15) is 9.59 Å². The van der Waals surface area contributed by atoms with Gasteiger partial charge in [0.25, 0.3) is 0 Å². The number of aromatic carboxylic acids is 1. The van der Waals surface area contributed by atoms with Crippen LogP contribution in [0.3, 0.4) is 0 Å². The van der Waals surface area contributed by atoms with E-state index in [2.05, 4.69) is 15.3 Å². The molecule has 1 aromatic rings. The molecule has 0 aromatic carbocycles. The van der Waals surface area contributed by atoms with Gasteiger partial charge in [0.1, 0.15) is 11.9 Å². The van der Waals surface area contributed by atoms with Gasteiger partial charge in [0.2, 0.25) is 5.91 Å². The van der Waals surface area contributed by atoms with Gasteiger partial charge in [0.05, 0.1) is 12.2 Å². The van der Waals surface area contributed by atoms with Crippen LogP contribution in [0.4, 0.5) is 0 Å².